The predicted octanol–water partition coefficient (Wildman–Crippen LogP) is 2.61. The van der Waals surface area contributed by atoms with Crippen molar-refractivity contribution in [2.24, 2.45) is 10.6 Å². The minimum absolute atomic E-state index is 0.0990. The number of hydrogen-bond donors (Lipinski definition) is 3. The highest BCUT2D eigenvalue weighted by Gasteiger charge is 2.31. The van der Waals surface area contributed by atoms with Gasteiger partial charge in [-0.1, -0.05) is 19.8 Å². The zero-order valence-corrected chi connectivity index (χ0v) is 13.6. The smallest absolute Gasteiger partial charge is 0.238 e. The van der Waals surface area contributed by atoms with Crippen molar-refractivity contribution in [1.82, 2.24) is 0 Å². The predicted molar refractivity (Wildman–Crippen MR) is 86.6 cm³/mol. The Labute approximate surface area is 127 Å². The summed E-state index contributed by atoms with van der Waals surface area (Å²) in [6.45, 7) is 4.82. The third kappa shape index (κ3) is 3.49. The molecule has 6 heteroatoms. The fourth-order valence-electron chi connectivity index (χ4n) is 3.25. The van der Waals surface area contributed by atoms with Gasteiger partial charge in [0.15, 0.2) is 0 Å². The molecule has 0 aromatic heterocycles. The van der Waals surface area contributed by atoms with Crippen molar-refractivity contribution in [3.63, 3.8) is 0 Å². The number of benzene rings is 1. The van der Waals surface area contributed by atoms with Crippen LogP contribution >= 0.6 is 0 Å². The Morgan fingerprint density at radius 1 is 1.29 bits per heavy atom. The second kappa shape index (κ2) is 5.85. The van der Waals surface area contributed by atoms with Crippen molar-refractivity contribution in [2.45, 2.75) is 50.8 Å². The Kier molecular flexibility index (Phi) is 4.49. The second-order valence-corrected chi connectivity index (χ2v) is 7.68. The van der Waals surface area contributed by atoms with E-state index in [-0.39, 0.29) is 4.90 Å². The van der Waals surface area contributed by atoms with Gasteiger partial charge in [-0.3, -0.25) is 0 Å². The first kappa shape index (κ1) is 16.1. The molecule has 0 unspecified atom stereocenters. The molecule has 0 amide bonds. The molecule has 1 aliphatic rings. The molecule has 21 heavy (non-hydrogen) atoms. The normalized spacial score (nSPS) is 17.9. The fraction of sp³-hybridized carbons (Fsp3) is 0.600. The molecule has 1 aromatic carbocycles. The largest absolute Gasteiger partial charge is 0.399 e. The lowest BCUT2D eigenvalue weighted by Gasteiger charge is -2.29. The maximum absolute atomic E-state index is 11.6. The van der Waals surface area contributed by atoms with E-state index in [2.05, 4.69) is 12.2 Å². The molecule has 0 saturated heterocycles. The zero-order valence-electron chi connectivity index (χ0n) is 12.8. The maximum Gasteiger partial charge on any atom is 0.238 e. The SMILES string of the molecule is CCC1(CNc2cc(N)cc(S(N)(=O)=O)c2C)CCCC1. The summed E-state index contributed by atoms with van der Waals surface area (Å²) in [6.07, 6.45) is 6.12. The number of primary sulfonamides is 1. The average molecular weight is 311 g/mol. The minimum Gasteiger partial charge on any atom is -0.399 e. The van der Waals surface area contributed by atoms with Crippen LogP contribution in [0.5, 0.6) is 0 Å². The van der Waals surface area contributed by atoms with Crippen molar-refractivity contribution in [3.05, 3.63) is 17.7 Å². The fourth-order valence-corrected chi connectivity index (χ4v) is 4.09. The van der Waals surface area contributed by atoms with Gasteiger partial charge in [0.25, 0.3) is 0 Å². The Morgan fingerprint density at radius 2 is 1.90 bits per heavy atom. The quantitative estimate of drug-likeness (QED) is 0.728. The summed E-state index contributed by atoms with van der Waals surface area (Å²) in [6, 6.07) is 3.20. The molecule has 1 aliphatic carbocycles. The first-order valence-electron chi connectivity index (χ1n) is 7.44. The van der Waals surface area contributed by atoms with Crippen LogP contribution in [0.4, 0.5) is 11.4 Å². The third-order valence-corrected chi connectivity index (χ3v) is 5.79. The van der Waals surface area contributed by atoms with E-state index in [1.807, 2.05) is 0 Å². The van der Waals surface area contributed by atoms with Gasteiger partial charge in [0.2, 0.25) is 10.0 Å². The summed E-state index contributed by atoms with van der Waals surface area (Å²) in [5.41, 5.74) is 7.94. The standard InChI is InChI=1S/C15H25N3O2S/c1-3-15(6-4-5-7-15)10-18-13-8-12(16)9-14(11(13)2)21(17,19)20/h8-9,18H,3-7,10,16H2,1-2H3,(H2,17,19,20). The van der Waals surface area contributed by atoms with Crippen LogP contribution in [0, 0.1) is 12.3 Å². The van der Waals surface area contributed by atoms with Crippen LogP contribution in [0.2, 0.25) is 0 Å². The number of rotatable bonds is 5. The lowest BCUT2D eigenvalue weighted by Crippen LogP contribution is -2.26. The van der Waals surface area contributed by atoms with Crippen LogP contribution in [-0.4, -0.2) is 15.0 Å². The lowest BCUT2D eigenvalue weighted by molar-refractivity contribution is 0.307. The summed E-state index contributed by atoms with van der Waals surface area (Å²) in [4.78, 5) is 0.0990. The van der Waals surface area contributed by atoms with E-state index in [0.717, 1.165) is 18.7 Å². The lowest BCUT2D eigenvalue weighted by atomic mass is 9.83. The van der Waals surface area contributed by atoms with E-state index in [1.54, 1.807) is 13.0 Å². The molecule has 1 saturated carbocycles. The molecule has 0 aliphatic heterocycles. The molecule has 1 fully saturated rings. The number of anilines is 2. The Morgan fingerprint density at radius 3 is 2.43 bits per heavy atom. The minimum atomic E-state index is -3.76. The van der Waals surface area contributed by atoms with Crippen LogP contribution in [0.25, 0.3) is 0 Å². The van der Waals surface area contributed by atoms with Crippen LogP contribution in [0.1, 0.15) is 44.6 Å². The summed E-state index contributed by atoms with van der Waals surface area (Å²) < 4.78 is 23.3. The Bertz CT molecular complexity index is 620. The van der Waals surface area contributed by atoms with E-state index in [9.17, 15) is 8.42 Å². The molecule has 1 aromatic rings. The molecule has 0 atom stereocenters. The van der Waals surface area contributed by atoms with Crippen LogP contribution in [0.15, 0.2) is 17.0 Å². The molecule has 0 radical (unpaired) electrons. The van der Waals surface area contributed by atoms with Crippen molar-refractivity contribution in [1.29, 1.82) is 0 Å². The van der Waals surface area contributed by atoms with Gasteiger partial charge < -0.3 is 11.1 Å². The average Bonchev–Trinajstić information content (AvgIpc) is 2.87. The number of nitrogen functional groups attached to an aromatic ring is 1. The molecule has 0 heterocycles. The molecule has 2 rings (SSSR count). The molecule has 0 spiro atoms. The molecular formula is C15H25N3O2S. The van der Waals surface area contributed by atoms with Gasteiger partial charge in [0.1, 0.15) is 0 Å². The van der Waals surface area contributed by atoms with Gasteiger partial charge in [0, 0.05) is 17.9 Å². The highest BCUT2D eigenvalue weighted by Crippen LogP contribution is 2.41. The van der Waals surface area contributed by atoms with E-state index >= 15 is 0 Å². The second-order valence-electron chi connectivity index (χ2n) is 6.15. The third-order valence-electron chi connectivity index (χ3n) is 4.76. The Balaban J connectivity index is 2.26. The summed E-state index contributed by atoms with van der Waals surface area (Å²) in [7, 11) is -3.76. The number of nitrogens with two attached hydrogens (primary N) is 2. The summed E-state index contributed by atoms with van der Waals surface area (Å²) in [5, 5.41) is 8.65. The van der Waals surface area contributed by atoms with E-state index < -0.39 is 10.0 Å². The summed E-state index contributed by atoms with van der Waals surface area (Å²) >= 11 is 0. The number of hydrogen-bond acceptors (Lipinski definition) is 4. The van der Waals surface area contributed by atoms with Crippen LogP contribution < -0.4 is 16.2 Å². The zero-order chi connectivity index (χ0) is 15.7. The molecule has 118 valence electrons. The number of nitrogens with one attached hydrogen (secondary N) is 1. The van der Waals surface area contributed by atoms with Crippen molar-refractivity contribution in [3.8, 4) is 0 Å². The van der Waals surface area contributed by atoms with Gasteiger partial charge in [0.05, 0.1) is 4.90 Å². The topological polar surface area (TPSA) is 98.2 Å². The van der Waals surface area contributed by atoms with E-state index in [1.165, 1.54) is 31.7 Å². The highest BCUT2D eigenvalue weighted by molar-refractivity contribution is 7.89. The van der Waals surface area contributed by atoms with Gasteiger partial charge in [-0.25, -0.2) is 13.6 Å². The van der Waals surface area contributed by atoms with Gasteiger partial charge in [-0.05, 0) is 49.3 Å². The van der Waals surface area contributed by atoms with Gasteiger partial charge in [-0.15, -0.1) is 0 Å². The molecule has 5 N–H and O–H groups in total. The highest BCUT2D eigenvalue weighted by atomic mass is 32.2. The molecular weight excluding hydrogens is 286 g/mol. The number of sulfonamides is 1. The molecule has 5 nitrogen and oxygen atoms in total. The van der Waals surface area contributed by atoms with Crippen LogP contribution in [-0.2, 0) is 10.0 Å². The first-order valence-corrected chi connectivity index (χ1v) is 8.99. The van der Waals surface area contributed by atoms with E-state index in [4.69, 9.17) is 10.9 Å². The Hall–Kier alpha value is -1.27. The monoisotopic (exact) mass is 311 g/mol. The summed E-state index contributed by atoms with van der Waals surface area (Å²) in [5.74, 6) is 0. The maximum atomic E-state index is 11.6. The van der Waals surface area contributed by atoms with Crippen molar-refractivity contribution in [2.75, 3.05) is 17.6 Å². The first-order chi connectivity index (χ1) is 9.77. The van der Waals surface area contributed by atoms with Crippen molar-refractivity contribution >= 4 is 21.4 Å². The van der Waals surface area contributed by atoms with Crippen molar-refractivity contribution < 1.29 is 8.42 Å². The molecule has 0 bridgehead atoms. The van der Waals surface area contributed by atoms with E-state index in [0.29, 0.717) is 16.7 Å². The van der Waals surface area contributed by atoms with Crippen LogP contribution in [0.3, 0.4) is 0 Å². The van der Waals surface area contributed by atoms with Gasteiger partial charge >= 0.3 is 0 Å². The van der Waals surface area contributed by atoms with Gasteiger partial charge in [-0.2, -0.15) is 0 Å².